The fourth-order valence-corrected chi connectivity index (χ4v) is 3.98. The van der Waals surface area contributed by atoms with Gasteiger partial charge < -0.3 is 19.7 Å². The summed E-state index contributed by atoms with van der Waals surface area (Å²) >= 11 is 0. The number of unbranched alkanes of at least 4 members (excludes halogenated alkanes) is 1. The number of rotatable bonds is 8. The molecule has 2 unspecified atom stereocenters. The van der Waals surface area contributed by atoms with Crippen LogP contribution in [0.5, 0.6) is 0 Å². The number of imidazole rings is 1. The fraction of sp³-hybridized carbons (Fsp3) is 0.565. The summed E-state index contributed by atoms with van der Waals surface area (Å²) in [5.41, 5.74) is 1.28. The molecule has 1 aliphatic heterocycles. The van der Waals surface area contributed by atoms with E-state index in [-0.39, 0.29) is 24.0 Å². The highest BCUT2D eigenvalue weighted by atomic mass is 127. The molecular weight excluding hydrogens is 487 g/mol. The Hall–Kier alpha value is -1.77. The molecule has 0 aliphatic carbocycles. The first-order valence-electron chi connectivity index (χ1n) is 11.0. The lowest BCUT2D eigenvalue weighted by Crippen LogP contribution is -2.49. The monoisotopic (exact) mass is 524 g/mol. The second-order valence-electron chi connectivity index (χ2n) is 7.99. The Kier molecular flexibility index (Phi) is 10.5. The first kappa shape index (κ1) is 24.5. The van der Waals surface area contributed by atoms with Crippen LogP contribution in [0.4, 0.5) is 5.69 Å². The molecule has 1 N–H and O–H groups in total. The summed E-state index contributed by atoms with van der Waals surface area (Å²) in [7, 11) is 2.16. The number of piperidine rings is 1. The van der Waals surface area contributed by atoms with E-state index in [1.165, 1.54) is 12.1 Å². The molecule has 1 aliphatic rings. The van der Waals surface area contributed by atoms with E-state index >= 15 is 0 Å². The Bertz CT molecular complexity index is 733. The number of aromatic nitrogens is 2. The predicted molar refractivity (Wildman–Crippen MR) is 137 cm³/mol. The van der Waals surface area contributed by atoms with E-state index in [0.717, 1.165) is 51.5 Å². The summed E-state index contributed by atoms with van der Waals surface area (Å²) in [6.45, 7) is 9.36. The van der Waals surface area contributed by atoms with Gasteiger partial charge in [-0.3, -0.25) is 4.99 Å². The van der Waals surface area contributed by atoms with Crippen LogP contribution in [0.25, 0.3) is 0 Å². The van der Waals surface area contributed by atoms with Crippen molar-refractivity contribution in [1.29, 1.82) is 0 Å². The smallest absolute Gasteiger partial charge is 0.193 e. The van der Waals surface area contributed by atoms with Crippen LogP contribution in [0.2, 0.25) is 0 Å². The van der Waals surface area contributed by atoms with E-state index in [2.05, 4.69) is 82.1 Å². The van der Waals surface area contributed by atoms with Gasteiger partial charge in [-0.15, -0.1) is 24.0 Å². The maximum absolute atomic E-state index is 4.94. The van der Waals surface area contributed by atoms with Gasteiger partial charge in [0, 0.05) is 57.9 Å². The van der Waals surface area contributed by atoms with Crippen molar-refractivity contribution >= 4 is 35.6 Å². The van der Waals surface area contributed by atoms with Gasteiger partial charge in [-0.05, 0) is 44.2 Å². The molecule has 0 radical (unpaired) electrons. The molecule has 2 aromatic rings. The average molecular weight is 524 g/mol. The summed E-state index contributed by atoms with van der Waals surface area (Å²) in [6, 6.07) is 11.0. The Morgan fingerprint density at radius 1 is 1.27 bits per heavy atom. The molecule has 1 saturated heterocycles. The zero-order chi connectivity index (χ0) is 20.5. The number of hydrogen-bond acceptors (Lipinski definition) is 3. The van der Waals surface area contributed by atoms with Gasteiger partial charge in [-0.1, -0.05) is 25.1 Å². The number of likely N-dealkylation sites (tertiary alicyclic amines) is 1. The molecule has 0 spiro atoms. The lowest BCUT2D eigenvalue weighted by molar-refractivity contribution is 0.189. The van der Waals surface area contributed by atoms with E-state index in [4.69, 9.17) is 4.99 Å². The molecule has 2 atom stereocenters. The van der Waals surface area contributed by atoms with Crippen molar-refractivity contribution in [2.75, 3.05) is 44.7 Å². The first-order valence-corrected chi connectivity index (χ1v) is 11.0. The lowest BCUT2D eigenvalue weighted by atomic mass is 9.93. The summed E-state index contributed by atoms with van der Waals surface area (Å²) in [6.07, 6.45) is 9.31. The summed E-state index contributed by atoms with van der Waals surface area (Å²) < 4.78 is 2.25. The predicted octanol–water partition coefficient (Wildman–Crippen LogP) is 4.27. The molecule has 0 saturated carbocycles. The van der Waals surface area contributed by atoms with Crippen LogP contribution in [-0.2, 0) is 0 Å². The standard InChI is InChI=1S/C23H36N6.HI/c1-4-25-23(26-13-8-9-15-27(3)21-10-6-5-7-11-21)28-16-12-20(2)22(18-28)29-17-14-24-19-29;/h5-7,10-11,14,17,19-20,22H,4,8-9,12-13,15-16,18H2,1-3H3,(H,25,26);1H. The molecule has 1 aromatic heterocycles. The van der Waals surface area contributed by atoms with E-state index in [9.17, 15) is 0 Å². The van der Waals surface area contributed by atoms with E-state index in [1.54, 1.807) is 0 Å². The topological polar surface area (TPSA) is 48.7 Å². The summed E-state index contributed by atoms with van der Waals surface area (Å²) in [4.78, 5) is 13.9. The van der Waals surface area contributed by atoms with Gasteiger partial charge in [0.1, 0.15) is 0 Å². The SMILES string of the molecule is CCNC(=NCCCCN(C)c1ccccc1)N1CCC(C)C(n2ccnc2)C1.I. The normalized spacial score (nSPS) is 19.3. The molecule has 0 amide bonds. The highest BCUT2D eigenvalue weighted by Crippen LogP contribution is 2.27. The first-order chi connectivity index (χ1) is 14.2. The third kappa shape index (κ3) is 6.89. The Morgan fingerprint density at radius 3 is 2.77 bits per heavy atom. The van der Waals surface area contributed by atoms with Crippen molar-refractivity contribution in [2.45, 2.75) is 39.2 Å². The largest absolute Gasteiger partial charge is 0.375 e. The zero-order valence-electron chi connectivity index (χ0n) is 18.6. The van der Waals surface area contributed by atoms with Crippen LogP contribution in [0.1, 0.15) is 39.2 Å². The number of halogens is 1. The minimum absolute atomic E-state index is 0. The van der Waals surface area contributed by atoms with E-state index in [0.29, 0.717) is 12.0 Å². The van der Waals surface area contributed by atoms with Crippen molar-refractivity contribution in [3.8, 4) is 0 Å². The Balaban J connectivity index is 0.00000320. The van der Waals surface area contributed by atoms with Gasteiger partial charge in [-0.2, -0.15) is 0 Å². The van der Waals surface area contributed by atoms with Gasteiger partial charge >= 0.3 is 0 Å². The maximum atomic E-state index is 4.94. The fourth-order valence-electron chi connectivity index (χ4n) is 3.98. The molecule has 6 nitrogen and oxygen atoms in total. The number of guanidine groups is 1. The number of hydrogen-bond donors (Lipinski definition) is 1. The van der Waals surface area contributed by atoms with Crippen LogP contribution >= 0.6 is 24.0 Å². The number of benzene rings is 1. The summed E-state index contributed by atoms with van der Waals surface area (Å²) in [5.74, 6) is 1.71. The quantitative estimate of drug-likeness (QED) is 0.243. The molecule has 1 aromatic carbocycles. The number of para-hydroxylation sites is 1. The molecule has 0 bridgehead atoms. The highest BCUT2D eigenvalue weighted by molar-refractivity contribution is 14.0. The van der Waals surface area contributed by atoms with Crippen molar-refractivity contribution in [3.05, 3.63) is 49.1 Å². The van der Waals surface area contributed by atoms with Crippen LogP contribution in [-0.4, -0.2) is 60.2 Å². The van der Waals surface area contributed by atoms with Gasteiger partial charge in [-0.25, -0.2) is 4.98 Å². The Morgan fingerprint density at radius 2 is 2.07 bits per heavy atom. The van der Waals surface area contributed by atoms with Crippen LogP contribution < -0.4 is 10.2 Å². The van der Waals surface area contributed by atoms with Crippen LogP contribution in [0, 0.1) is 5.92 Å². The second-order valence-corrected chi connectivity index (χ2v) is 7.99. The number of aliphatic imine (C=N–C) groups is 1. The molecule has 166 valence electrons. The van der Waals surface area contributed by atoms with Crippen molar-refractivity contribution in [3.63, 3.8) is 0 Å². The van der Waals surface area contributed by atoms with Crippen LogP contribution in [0.3, 0.4) is 0 Å². The van der Waals surface area contributed by atoms with E-state index < -0.39 is 0 Å². The number of nitrogens with zero attached hydrogens (tertiary/aromatic N) is 5. The molecule has 3 rings (SSSR count). The Labute approximate surface area is 198 Å². The summed E-state index contributed by atoms with van der Waals surface area (Å²) in [5, 5.41) is 3.50. The van der Waals surface area contributed by atoms with Gasteiger partial charge in [0.15, 0.2) is 5.96 Å². The molecule has 2 heterocycles. The number of nitrogens with one attached hydrogen (secondary N) is 1. The highest BCUT2D eigenvalue weighted by Gasteiger charge is 2.28. The lowest BCUT2D eigenvalue weighted by Gasteiger charge is -2.39. The third-order valence-electron chi connectivity index (χ3n) is 5.82. The number of anilines is 1. The van der Waals surface area contributed by atoms with Crippen molar-refractivity contribution in [1.82, 2.24) is 19.8 Å². The molecule has 1 fully saturated rings. The third-order valence-corrected chi connectivity index (χ3v) is 5.82. The van der Waals surface area contributed by atoms with Crippen LogP contribution in [0.15, 0.2) is 54.0 Å². The second kappa shape index (κ2) is 12.8. The molecule has 7 heteroatoms. The van der Waals surface area contributed by atoms with Gasteiger partial charge in [0.25, 0.3) is 0 Å². The zero-order valence-corrected chi connectivity index (χ0v) is 20.9. The minimum Gasteiger partial charge on any atom is -0.375 e. The van der Waals surface area contributed by atoms with Crippen molar-refractivity contribution < 1.29 is 0 Å². The molecular formula is C23H37IN6. The average Bonchev–Trinajstić information content (AvgIpc) is 3.28. The minimum atomic E-state index is 0. The van der Waals surface area contributed by atoms with Gasteiger partial charge in [0.05, 0.1) is 12.4 Å². The molecule has 30 heavy (non-hydrogen) atoms. The van der Waals surface area contributed by atoms with Crippen molar-refractivity contribution in [2.24, 2.45) is 10.9 Å². The van der Waals surface area contributed by atoms with Gasteiger partial charge in [0.2, 0.25) is 0 Å². The van der Waals surface area contributed by atoms with E-state index in [1.807, 2.05) is 12.5 Å². The maximum Gasteiger partial charge on any atom is 0.193 e.